The lowest BCUT2D eigenvalue weighted by Gasteiger charge is -2.26. The van der Waals surface area contributed by atoms with Crippen molar-refractivity contribution in [3.63, 3.8) is 0 Å². The van der Waals surface area contributed by atoms with Crippen LogP contribution in [0.15, 0.2) is 5.38 Å². The van der Waals surface area contributed by atoms with Crippen molar-refractivity contribution < 1.29 is 23.7 Å². The lowest BCUT2D eigenvalue weighted by molar-refractivity contribution is 0.0340. The van der Waals surface area contributed by atoms with Gasteiger partial charge >= 0.3 is 0 Å². The maximum Gasteiger partial charge on any atom is 0.176 e. The highest BCUT2D eigenvalue weighted by Gasteiger charge is 2.19. The molecule has 1 aliphatic heterocycles. The maximum absolute atomic E-state index is 5.97. The van der Waals surface area contributed by atoms with Gasteiger partial charge in [0.25, 0.3) is 0 Å². The van der Waals surface area contributed by atoms with E-state index in [0.717, 1.165) is 44.3 Å². The van der Waals surface area contributed by atoms with Crippen molar-refractivity contribution in [2.24, 2.45) is 0 Å². The molecule has 1 fully saturated rings. The number of hydrogen-bond donors (Lipinski definition) is 0. The van der Waals surface area contributed by atoms with E-state index in [1.807, 2.05) is 19.2 Å². The monoisotopic (exact) mass is 359 g/mol. The summed E-state index contributed by atoms with van der Waals surface area (Å²) in [6, 6.07) is 0. The smallest absolute Gasteiger partial charge is 0.176 e. The van der Waals surface area contributed by atoms with Gasteiger partial charge in [0, 0.05) is 38.2 Å². The van der Waals surface area contributed by atoms with Gasteiger partial charge in [-0.2, -0.15) is 0 Å². The number of rotatable bonds is 12. The first kappa shape index (κ1) is 19.5. The van der Waals surface area contributed by atoms with Crippen LogP contribution in [0.25, 0.3) is 0 Å². The zero-order chi connectivity index (χ0) is 17.0. The van der Waals surface area contributed by atoms with Crippen molar-refractivity contribution in [3.05, 3.63) is 10.3 Å². The van der Waals surface area contributed by atoms with Crippen LogP contribution in [-0.2, 0) is 20.8 Å². The molecule has 0 aromatic carbocycles. The Balaban J connectivity index is 1.94. The fourth-order valence-corrected chi connectivity index (χ4v) is 3.34. The Hall–Kier alpha value is -0.860. The van der Waals surface area contributed by atoms with Crippen LogP contribution in [0.5, 0.6) is 11.5 Å². The molecule has 0 saturated carbocycles. The van der Waals surface area contributed by atoms with Gasteiger partial charge in [-0.25, -0.2) is 0 Å². The second kappa shape index (κ2) is 11.7. The molecule has 0 N–H and O–H groups in total. The third kappa shape index (κ3) is 6.57. The van der Waals surface area contributed by atoms with Crippen LogP contribution in [0.1, 0.15) is 18.7 Å². The average Bonchev–Trinajstić information content (AvgIpc) is 2.98. The maximum atomic E-state index is 5.97. The molecule has 0 bridgehead atoms. The van der Waals surface area contributed by atoms with Crippen molar-refractivity contribution in [2.45, 2.75) is 20.4 Å². The molecular weight excluding hydrogens is 330 g/mol. The van der Waals surface area contributed by atoms with Crippen LogP contribution in [0.3, 0.4) is 0 Å². The van der Waals surface area contributed by atoms with E-state index < -0.39 is 0 Å². The predicted octanol–water partition coefficient (Wildman–Crippen LogP) is 2.41. The van der Waals surface area contributed by atoms with Crippen molar-refractivity contribution in [3.8, 4) is 11.5 Å². The summed E-state index contributed by atoms with van der Waals surface area (Å²) in [6.45, 7) is 12.0. The summed E-state index contributed by atoms with van der Waals surface area (Å²) in [6.07, 6.45) is 0. The zero-order valence-electron chi connectivity index (χ0n) is 14.8. The Morgan fingerprint density at radius 2 is 1.67 bits per heavy atom. The van der Waals surface area contributed by atoms with E-state index in [4.69, 9.17) is 23.7 Å². The van der Waals surface area contributed by atoms with E-state index in [2.05, 4.69) is 4.90 Å². The highest BCUT2D eigenvalue weighted by atomic mass is 32.1. The molecule has 0 unspecified atom stereocenters. The molecule has 2 heterocycles. The molecule has 24 heavy (non-hydrogen) atoms. The molecule has 1 aromatic heterocycles. The molecule has 1 aromatic rings. The third-order valence-corrected chi connectivity index (χ3v) is 4.55. The first-order chi connectivity index (χ1) is 11.8. The van der Waals surface area contributed by atoms with Crippen molar-refractivity contribution in [2.75, 3.05) is 65.9 Å². The molecule has 0 radical (unpaired) electrons. The van der Waals surface area contributed by atoms with Crippen molar-refractivity contribution in [1.82, 2.24) is 4.90 Å². The Bertz CT molecular complexity index is 448. The fraction of sp³-hybridized carbons (Fsp3) is 0.765. The van der Waals surface area contributed by atoms with Crippen LogP contribution < -0.4 is 9.47 Å². The fourth-order valence-electron chi connectivity index (χ4n) is 2.39. The average molecular weight is 359 g/mol. The van der Waals surface area contributed by atoms with Crippen LogP contribution in [0, 0.1) is 0 Å². The lowest BCUT2D eigenvalue weighted by atomic mass is 10.3. The first-order valence-electron chi connectivity index (χ1n) is 8.66. The standard InChI is InChI=1S/C17H29NO5S/c1-3-19-9-11-22-15-14-24-16(13-18-5-7-21-8-6-18)17(15)23-12-10-20-4-2/h14H,3-13H2,1-2H3. The minimum absolute atomic E-state index is 0.530. The van der Waals surface area contributed by atoms with E-state index >= 15 is 0 Å². The molecule has 1 saturated heterocycles. The zero-order valence-corrected chi connectivity index (χ0v) is 15.6. The molecule has 2 rings (SSSR count). The van der Waals surface area contributed by atoms with Gasteiger partial charge in [-0.15, -0.1) is 11.3 Å². The van der Waals surface area contributed by atoms with E-state index in [1.165, 1.54) is 4.88 Å². The summed E-state index contributed by atoms with van der Waals surface area (Å²) in [5.41, 5.74) is 0. The van der Waals surface area contributed by atoms with E-state index in [-0.39, 0.29) is 0 Å². The molecule has 0 atom stereocenters. The molecule has 6 nitrogen and oxygen atoms in total. The van der Waals surface area contributed by atoms with E-state index in [0.29, 0.717) is 39.6 Å². The van der Waals surface area contributed by atoms with Crippen molar-refractivity contribution in [1.29, 1.82) is 0 Å². The number of morpholine rings is 1. The molecule has 138 valence electrons. The minimum Gasteiger partial charge on any atom is -0.486 e. The third-order valence-electron chi connectivity index (χ3n) is 3.62. The molecule has 0 aliphatic carbocycles. The number of thiophene rings is 1. The molecule has 0 spiro atoms. The second-order valence-electron chi connectivity index (χ2n) is 5.33. The van der Waals surface area contributed by atoms with Gasteiger partial charge in [-0.3, -0.25) is 4.90 Å². The summed E-state index contributed by atoms with van der Waals surface area (Å²) in [7, 11) is 0. The Morgan fingerprint density at radius 1 is 1.00 bits per heavy atom. The van der Waals surface area contributed by atoms with Gasteiger partial charge < -0.3 is 23.7 Å². The number of nitrogens with zero attached hydrogens (tertiary/aromatic N) is 1. The highest BCUT2D eigenvalue weighted by Crippen LogP contribution is 2.38. The Labute approximate surface area is 148 Å². The highest BCUT2D eigenvalue weighted by molar-refractivity contribution is 7.10. The summed E-state index contributed by atoms with van der Waals surface area (Å²) < 4.78 is 27.9. The Kier molecular flexibility index (Phi) is 9.45. The molecule has 1 aliphatic rings. The van der Waals surface area contributed by atoms with Gasteiger partial charge in [-0.1, -0.05) is 0 Å². The molecule has 7 heteroatoms. The second-order valence-corrected chi connectivity index (χ2v) is 6.30. The largest absolute Gasteiger partial charge is 0.486 e. The predicted molar refractivity (Wildman–Crippen MR) is 94.4 cm³/mol. The quantitative estimate of drug-likeness (QED) is 0.534. The first-order valence-corrected chi connectivity index (χ1v) is 9.54. The summed E-state index contributed by atoms with van der Waals surface area (Å²) >= 11 is 1.68. The van der Waals surface area contributed by atoms with Crippen LogP contribution in [0.4, 0.5) is 0 Å². The van der Waals surface area contributed by atoms with Crippen LogP contribution in [0.2, 0.25) is 0 Å². The van der Waals surface area contributed by atoms with Gasteiger partial charge in [-0.05, 0) is 13.8 Å². The summed E-state index contributed by atoms with van der Waals surface area (Å²) in [4.78, 5) is 3.58. The topological polar surface area (TPSA) is 49.4 Å². The van der Waals surface area contributed by atoms with E-state index in [1.54, 1.807) is 11.3 Å². The van der Waals surface area contributed by atoms with Crippen LogP contribution in [-0.4, -0.2) is 70.8 Å². The molecular formula is C17H29NO5S. The molecule has 0 amide bonds. The lowest BCUT2D eigenvalue weighted by Crippen LogP contribution is -2.35. The van der Waals surface area contributed by atoms with Gasteiger partial charge in [0.05, 0.1) is 31.3 Å². The number of hydrogen-bond acceptors (Lipinski definition) is 7. The van der Waals surface area contributed by atoms with Gasteiger partial charge in [0.2, 0.25) is 0 Å². The van der Waals surface area contributed by atoms with E-state index in [9.17, 15) is 0 Å². The van der Waals surface area contributed by atoms with Crippen molar-refractivity contribution >= 4 is 11.3 Å². The SMILES string of the molecule is CCOCCOc1csc(CN2CCOCC2)c1OCCOCC. The Morgan fingerprint density at radius 3 is 2.33 bits per heavy atom. The van der Waals surface area contributed by atoms with Gasteiger partial charge in [0.15, 0.2) is 11.5 Å². The number of ether oxygens (including phenoxy) is 5. The normalized spacial score (nSPS) is 15.6. The minimum atomic E-state index is 0.530. The van der Waals surface area contributed by atoms with Gasteiger partial charge in [0.1, 0.15) is 13.2 Å². The van der Waals surface area contributed by atoms with Crippen LogP contribution >= 0.6 is 11.3 Å². The summed E-state index contributed by atoms with van der Waals surface area (Å²) in [5, 5.41) is 2.03. The summed E-state index contributed by atoms with van der Waals surface area (Å²) in [5.74, 6) is 1.65.